The van der Waals surface area contributed by atoms with Gasteiger partial charge in [0.15, 0.2) is 11.5 Å². The first kappa shape index (κ1) is 17.8. The van der Waals surface area contributed by atoms with Crippen molar-refractivity contribution >= 4 is 17.5 Å². The Morgan fingerprint density at radius 3 is 2.61 bits per heavy atom. The molecule has 3 atom stereocenters. The Bertz CT molecular complexity index is 772. The minimum atomic E-state index is -0.0445. The van der Waals surface area contributed by atoms with E-state index < -0.39 is 0 Å². The SMILES string of the molecule is O=C(Nc1ccc2c(c1)OCO2)C1CCN(C(=O)CC2CC3CCC2C3)CC1. The second-order valence-electron chi connectivity index (χ2n) is 8.85. The molecule has 150 valence electrons. The zero-order valence-electron chi connectivity index (χ0n) is 16.2. The molecular weight excluding hydrogens is 356 g/mol. The Kier molecular flexibility index (Phi) is 4.65. The van der Waals surface area contributed by atoms with E-state index in [4.69, 9.17) is 9.47 Å². The van der Waals surface area contributed by atoms with E-state index in [1.165, 1.54) is 25.7 Å². The van der Waals surface area contributed by atoms with Gasteiger partial charge < -0.3 is 19.7 Å². The van der Waals surface area contributed by atoms with Crippen LogP contribution in [0.15, 0.2) is 18.2 Å². The van der Waals surface area contributed by atoms with E-state index in [2.05, 4.69) is 5.32 Å². The number of likely N-dealkylation sites (tertiary alicyclic amines) is 1. The van der Waals surface area contributed by atoms with E-state index in [0.717, 1.165) is 36.8 Å². The molecule has 28 heavy (non-hydrogen) atoms. The van der Waals surface area contributed by atoms with Crippen LogP contribution in [-0.2, 0) is 9.59 Å². The number of fused-ring (bicyclic) bond motifs is 3. The Balaban J connectivity index is 1.10. The second-order valence-corrected chi connectivity index (χ2v) is 8.85. The molecule has 2 amide bonds. The van der Waals surface area contributed by atoms with Crippen LogP contribution in [0.1, 0.15) is 44.9 Å². The largest absolute Gasteiger partial charge is 0.454 e. The van der Waals surface area contributed by atoms with Crippen molar-refractivity contribution in [2.75, 3.05) is 25.2 Å². The van der Waals surface area contributed by atoms with Crippen LogP contribution < -0.4 is 14.8 Å². The highest BCUT2D eigenvalue weighted by Gasteiger charge is 2.41. The summed E-state index contributed by atoms with van der Waals surface area (Å²) < 4.78 is 10.7. The first-order valence-corrected chi connectivity index (χ1v) is 10.6. The van der Waals surface area contributed by atoms with Crippen LogP contribution in [0.4, 0.5) is 5.69 Å². The molecule has 6 nitrogen and oxygen atoms in total. The number of carbonyl (C=O) groups is 2. The van der Waals surface area contributed by atoms with Gasteiger partial charge in [0.25, 0.3) is 0 Å². The quantitative estimate of drug-likeness (QED) is 0.864. The third kappa shape index (κ3) is 3.45. The number of nitrogens with zero attached hydrogens (tertiary/aromatic N) is 1. The van der Waals surface area contributed by atoms with Gasteiger partial charge in [-0.25, -0.2) is 0 Å². The summed E-state index contributed by atoms with van der Waals surface area (Å²) in [6.07, 6.45) is 7.49. The third-order valence-corrected chi connectivity index (χ3v) is 7.18. The van der Waals surface area contributed by atoms with Crippen LogP contribution in [0, 0.1) is 23.7 Å². The van der Waals surface area contributed by atoms with E-state index in [1.807, 2.05) is 17.0 Å². The molecule has 1 saturated heterocycles. The smallest absolute Gasteiger partial charge is 0.231 e. The fourth-order valence-corrected chi connectivity index (χ4v) is 5.59. The zero-order chi connectivity index (χ0) is 19.1. The summed E-state index contributed by atoms with van der Waals surface area (Å²) in [5.41, 5.74) is 0.726. The predicted molar refractivity (Wildman–Crippen MR) is 104 cm³/mol. The van der Waals surface area contributed by atoms with Gasteiger partial charge in [0.2, 0.25) is 18.6 Å². The molecular formula is C22H28N2O4. The molecule has 4 aliphatic rings. The van der Waals surface area contributed by atoms with Crippen LogP contribution >= 0.6 is 0 Å². The number of hydrogen-bond donors (Lipinski definition) is 1. The van der Waals surface area contributed by atoms with Gasteiger partial charge in [-0.05, 0) is 62.0 Å². The number of carbonyl (C=O) groups excluding carboxylic acids is 2. The first-order valence-electron chi connectivity index (χ1n) is 10.6. The highest BCUT2D eigenvalue weighted by molar-refractivity contribution is 5.93. The van der Waals surface area contributed by atoms with E-state index in [9.17, 15) is 9.59 Å². The number of nitrogens with one attached hydrogen (secondary N) is 1. The Morgan fingerprint density at radius 1 is 1.04 bits per heavy atom. The minimum absolute atomic E-state index is 0.0269. The summed E-state index contributed by atoms with van der Waals surface area (Å²) in [5, 5.41) is 2.98. The van der Waals surface area contributed by atoms with Crippen LogP contribution in [0.2, 0.25) is 0 Å². The molecule has 5 rings (SSSR count). The average Bonchev–Trinajstić information content (AvgIpc) is 3.44. The lowest BCUT2D eigenvalue weighted by molar-refractivity contribution is -0.135. The summed E-state index contributed by atoms with van der Waals surface area (Å²) in [6.45, 7) is 1.61. The van der Waals surface area contributed by atoms with Crippen LogP contribution in [0.5, 0.6) is 11.5 Å². The van der Waals surface area contributed by atoms with Crippen molar-refractivity contribution in [1.82, 2.24) is 4.90 Å². The van der Waals surface area contributed by atoms with E-state index in [1.54, 1.807) is 6.07 Å². The van der Waals surface area contributed by atoms with Crippen LogP contribution in [-0.4, -0.2) is 36.6 Å². The fourth-order valence-electron chi connectivity index (χ4n) is 5.59. The number of hydrogen-bond acceptors (Lipinski definition) is 4. The summed E-state index contributed by atoms with van der Waals surface area (Å²) in [4.78, 5) is 27.3. The molecule has 2 aliphatic carbocycles. The van der Waals surface area contributed by atoms with Crippen LogP contribution in [0.3, 0.4) is 0 Å². The third-order valence-electron chi connectivity index (χ3n) is 7.18. The van der Waals surface area contributed by atoms with Crippen molar-refractivity contribution < 1.29 is 19.1 Å². The molecule has 1 N–H and O–H groups in total. The zero-order valence-corrected chi connectivity index (χ0v) is 16.2. The molecule has 3 fully saturated rings. The number of rotatable bonds is 4. The summed E-state index contributed by atoms with van der Waals surface area (Å²) in [5.74, 6) is 3.94. The molecule has 1 aromatic rings. The van der Waals surface area contributed by atoms with Crippen molar-refractivity contribution in [2.45, 2.75) is 44.9 Å². The number of anilines is 1. The fraction of sp³-hybridized carbons (Fsp3) is 0.636. The minimum Gasteiger partial charge on any atom is -0.454 e. The van der Waals surface area contributed by atoms with Crippen LogP contribution in [0.25, 0.3) is 0 Å². The van der Waals surface area contributed by atoms with Gasteiger partial charge >= 0.3 is 0 Å². The molecule has 2 bridgehead atoms. The highest BCUT2D eigenvalue weighted by Crippen LogP contribution is 2.49. The number of amides is 2. The van der Waals surface area contributed by atoms with Gasteiger partial charge in [-0.3, -0.25) is 9.59 Å². The molecule has 0 spiro atoms. The number of ether oxygens (including phenoxy) is 2. The molecule has 0 radical (unpaired) electrons. The predicted octanol–water partition coefficient (Wildman–Crippen LogP) is 3.42. The van der Waals surface area contributed by atoms with E-state index in [0.29, 0.717) is 36.4 Å². The number of piperidine rings is 1. The maximum absolute atomic E-state index is 12.7. The topological polar surface area (TPSA) is 67.9 Å². The Hall–Kier alpha value is -2.24. The van der Waals surface area contributed by atoms with Crippen molar-refractivity contribution in [3.63, 3.8) is 0 Å². The Labute approximate surface area is 165 Å². The molecule has 2 saturated carbocycles. The van der Waals surface area contributed by atoms with E-state index >= 15 is 0 Å². The second kappa shape index (κ2) is 7.30. The van der Waals surface area contributed by atoms with Crippen molar-refractivity contribution in [1.29, 1.82) is 0 Å². The molecule has 3 unspecified atom stereocenters. The average molecular weight is 384 g/mol. The lowest BCUT2D eigenvalue weighted by Crippen LogP contribution is -2.42. The Morgan fingerprint density at radius 2 is 1.86 bits per heavy atom. The summed E-state index contributed by atoms with van der Waals surface area (Å²) >= 11 is 0. The molecule has 0 aromatic heterocycles. The lowest BCUT2D eigenvalue weighted by atomic mass is 9.85. The molecule has 6 heteroatoms. The molecule has 2 heterocycles. The van der Waals surface area contributed by atoms with Gasteiger partial charge in [-0.15, -0.1) is 0 Å². The van der Waals surface area contributed by atoms with Gasteiger partial charge in [0.05, 0.1) is 0 Å². The molecule has 2 aliphatic heterocycles. The summed E-state index contributed by atoms with van der Waals surface area (Å²) in [6, 6.07) is 5.45. The van der Waals surface area contributed by atoms with Crippen molar-refractivity contribution in [3.8, 4) is 11.5 Å². The maximum Gasteiger partial charge on any atom is 0.231 e. The first-order chi connectivity index (χ1) is 13.7. The lowest BCUT2D eigenvalue weighted by Gasteiger charge is -2.33. The normalized spacial score (nSPS) is 28.6. The monoisotopic (exact) mass is 384 g/mol. The van der Waals surface area contributed by atoms with E-state index in [-0.39, 0.29) is 18.6 Å². The maximum atomic E-state index is 12.7. The summed E-state index contributed by atoms with van der Waals surface area (Å²) in [7, 11) is 0. The van der Waals surface area contributed by atoms with Crippen molar-refractivity contribution in [2.24, 2.45) is 23.7 Å². The van der Waals surface area contributed by atoms with Crippen molar-refractivity contribution in [3.05, 3.63) is 18.2 Å². The standard InChI is InChI=1S/C22H28N2O4/c25-21(11-17-10-14-1-2-16(17)9-14)24-7-5-15(6-8-24)22(26)23-18-3-4-19-20(12-18)28-13-27-19/h3-4,12,14-17H,1-2,5-11,13H2,(H,23,26). The van der Waals surface area contributed by atoms with Gasteiger partial charge in [0.1, 0.15) is 0 Å². The highest BCUT2D eigenvalue weighted by atomic mass is 16.7. The molecule has 1 aromatic carbocycles. The van der Waals surface area contributed by atoms with Gasteiger partial charge in [-0.2, -0.15) is 0 Å². The van der Waals surface area contributed by atoms with Gasteiger partial charge in [-0.1, -0.05) is 6.42 Å². The van der Waals surface area contributed by atoms with Gasteiger partial charge in [0, 0.05) is 37.2 Å². The number of benzene rings is 1.